The molecule has 1 aromatic rings. The summed E-state index contributed by atoms with van der Waals surface area (Å²) in [5, 5.41) is 4.16. The van der Waals surface area contributed by atoms with Crippen LogP contribution in [0.3, 0.4) is 0 Å². The van der Waals surface area contributed by atoms with Crippen molar-refractivity contribution in [1.29, 1.82) is 0 Å². The molecule has 0 fully saturated rings. The summed E-state index contributed by atoms with van der Waals surface area (Å²) >= 11 is 0. The minimum Gasteiger partial charge on any atom is -0.294 e. The van der Waals surface area contributed by atoms with Gasteiger partial charge >= 0.3 is 0 Å². The van der Waals surface area contributed by atoms with E-state index in [-0.39, 0.29) is 5.78 Å². The van der Waals surface area contributed by atoms with Crippen LogP contribution in [0.1, 0.15) is 36.5 Å². The van der Waals surface area contributed by atoms with Gasteiger partial charge in [-0.15, -0.1) is 0 Å². The van der Waals surface area contributed by atoms with Gasteiger partial charge in [-0.05, 0) is 26.2 Å². The van der Waals surface area contributed by atoms with Crippen molar-refractivity contribution in [3.63, 3.8) is 0 Å². The Morgan fingerprint density at radius 1 is 1.64 bits per heavy atom. The van der Waals surface area contributed by atoms with E-state index < -0.39 is 0 Å². The largest absolute Gasteiger partial charge is 0.294 e. The lowest BCUT2D eigenvalue weighted by Gasteiger charge is -2.00. The lowest BCUT2D eigenvalue weighted by Crippen LogP contribution is -2.00. The van der Waals surface area contributed by atoms with Crippen LogP contribution in [-0.4, -0.2) is 15.6 Å². The number of carbonyl (C=O) groups is 1. The fourth-order valence-electron chi connectivity index (χ4n) is 1.72. The van der Waals surface area contributed by atoms with E-state index >= 15 is 0 Å². The van der Waals surface area contributed by atoms with Gasteiger partial charge in [0.1, 0.15) is 0 Å². The Morgan fingerprint density at radius 2 is 2.50 bits per heavy atom. The lowest BCUT2D eigenvalue weighted by molar-refractivity contribution is 0.101. The molecule has 0 unspecified atom stereocenters. The summed E-state index contributed by atoms with van der Waals surface area (Å²) in [4.78, 5) is 11.0. The number of rotatable bonds is 3. The van der Waals surface area contributed by atoms with Gasteiger partial charge in [-0.3, -0.25) is 9.48 Å². The van der Waals surface area contributed by atoms with Crippen LogP contribution in [0.4, 0.5) is 0 Å². The smallest absolute Gasteiger partial charge is 0.162 e. The second-order valence-electron chi connectivity index (χ2n) is 3.74. The first-order valence-corrected chi connectivity index (χ1v) is 4.97. The molecule has 0 N–H and O–H groups in total. The lowest BCUT2D eigenvalue weighted by atomic mass is 10.2. The van der Waals surface area contributed by atoms with Crippen LogP contribution in [0.15, 0.2) is 24.0 Å². The average molecular weight is 190 g/mol. The van der Waals surface area contributed by atoms with Gasteiger partial charge in [0.25, 0.3) is 0 Å². The van der Waals surface area contributed by atoms with E-state index in [0.29, 0.717) is 5.56 Å². The molecule has 0 aliphatic heterocycles. The van der Waals surface area contributed by atoms with Crippen molar-refractivity contribution in [1.82, 2.24) is 9.78 Å². The summed E-state index contributed by atoms with van der Waals surface area (Å²) in [6.07, 6.45) is 9.36. The van der Waals surface area contributed by atoms with Gasteiger partial charge in [-0.2, -0.15) is 5.10 Å². The van der Waals surface area contributed by atoms with E-state index in [1.807, 2.05) is 10.9 Å². The van der Waals surface area contributed by atoms with Crippen LogP contribution >= 0.6 is 0 Å². The molecule has 1 aliphatic rings. The van der Waals surface area contributed by atoms with Crippen molar-refractivity contribution in [3.8, 4) is 0 Å². The average Bonchev–Trinajstić information content (AvgIpc) is 2.75. The molecule has 1 heterocycles. The van der Waals surface area contributed by atoms with E-state index in [0.717, 1.165) is 6.54 Å². The number of allylic oxidation sites excluding steroid dienone is 2. The third-order valence-electron chi connectivity index (χ3n) is 2.54. The van der Waals surface area contributed by atoms with Gasteiger partial charge in [0.05, 0.1) is 18.3 Å². The van der Waals surface area contributed by atoms with Gasteiger partial charge in [-0.1, -0.05) is 11.6 Å². The van der Waals surface area contributed by atoms with Crippen molar-refractivity contribution in [2.45, 2.75) is 32.7 Å². The molecule has 1 aliphatic carbocycles. The minimum absolute atomic E-state index is 0.0802. The molecule has 0 bridgehead atoms. The third-order valence-corrected chi connectivity index (χ3v) is 2.54. The van der Waals surface area contributed by atoms with Crippen molar-refractivity contribution in [2.75, 3.05) is 0 Å². The summed E-state index contributed by atoms with van der Waals surface area (Å²) in [6.45, 7) is 2.41. The third kappa shape index (κ3) is 1.92. The van der Waals surface area contributed by atoms with Crippen LogP contribution in [0, 0.1) is 0 Å². The fourth-order valence-corrected chi connectivity index (χ4v) is 1.72. The predicted molar refractivity (Wildman–Crippen MR) is 54.2 cm³/mol. The molecule has 0 atom stereocenters. The number of nitrogens with zero attached hydrogens (tertiary/aromatic N) is 2. The molecule has 0 saturated heterocycles. The van der Waals surface area contributed by atoms with E-state index in [1.165, 1.54) is 24.8 Å². The standard InChI is InChI=1S/C11H14N2O/c1-9(14)11-6-12-13(8-11)7-10-4-2-3-5-10/h4,6,8H,2-3,5,7H2,1H3. The topological polar surface area (TPSA) is 34.9 Å². The zero-order valence-corrected chi connectivity index (χ0v) is 8.36. The predicted octanol–water partition coefficient (Wildman–Crippen LogP) is 2.20. The maximum absolute atomic E-state index is 11.0. The van der Waals surface area contributed by atoms with E-state index in [2.05, 4.69) is 11.2 Å². The molecule has 3 nitrogen and oxygen atoms in total. The van der Waals surface area contributed by atoms with Crippen LogP contribution in [-0.2, 0) is 6.54 Å². The Balaban J connectivity index is 2.06. The molecule has 2 rings (SSSR count). The maximum atomic E-state index is 11.0. The first kappa shape index (κ1) is 9.19. The van der Waals surface area contributed by atoms with Crippen LogP contribution in [0.25, 0.3) is 0 Å². The van der Waals surface area contributed by atoms with Crippen molar-refractivity contribution < 1.29 is 4.79 Å². The summed E-state index contributed by atoms with van der Waals surface area (Å²) in [6, 6.07) is 0. The number of ketones is 1. The molecule has 3 heteroatoms. The highest BCUT2D eigenvalue weighted by molar-refractivity contribution is 5.93. The molecule has 0 amide bonds. The Bertz CT molecular complexity index is 376. The Kier molecular flexibility index (Phi) is 2.48. The molecular weight excluding hydrogens is 176 g/mol. The maximum Gasteiger partial charge on any atom is 0.162 e. The zero-order valence-electron chi connectivity index (χ0n) is 8.36. The monoisotopic (exact) mass is 190 g/mol. The molecule has 1 aromatic heterocycles. The first-order valence-electron chi connectivity index (χ1n) is 4.97. The van der Waals surface area contributed by atoms with E-state index in [9.17, 15) is 4.79 Å². The molecule has 0 saturated carbocycles. The van der Waals surface area contributed by atoms with Gasteiger partial charge in [0, 0.05) is 6.20 Å². The molecule has 74 valence electrons. The molecule has 0 aromatic carbocycles. The highest BCUT2D eigenvalue weighted by atomic mass is 16.1. The van der Waals surface area contributed by atoms with Crippen LogP contribution < -0.4 is 0 Å². The summed E-state index contributed by atoms with van der Waals surface area (Å²) < 4.78 is 1.84. The SMILES string of the molecule is CC(=O)c1cnn(CC2=CCCC2)c1. The minimum atomic E-state index is 0.0802. The molecule has 14 heavy (non-hydrogen) atoms. The normalized spacial score (nSPS) is 15.6. The fraction of sp³-hybridized carbons (Fsp3) is 0.455. The van der Waals surface area contributed by atoms with Crippen molar-refractivity contribution in [2.24, 2.45) is 0 Å². The Hall–Kier alpha value is -1.38. The number of hydrogen-bond donors (Lipinski definition) is 0. The highest BCUT2D eigenvalue weighted by Gasteiger charge is 2.07. The van der Waals surface area contributed by atoms with Crippen molar-refractivity contribution in [3.05, 3.63) is 29.6 Å². The van der Waals surface area contributed by atoms with Gasteiger partial charge < -0.3 is 0 Å². The highest BCUT2D eigenvalue weighted by Crippen LogP contribution is 2.18. The van der Waals surface area contributed by atoms with E-state index in [1.54, 1.807) is 13.1 Å². The second kappa shape index (κ2) is 3.78. The summed E-state index contributed by atoms with van der Waals surface area (Å²) in [7, 11) is 0. The van der Waals surface area contributed by atoms with Crippen LogP contribution in [0.2, 0.25) is 0 Å². The Morgan fingerprint density at radius 3 is 3.07 bits per heavy atom. The van der Waals surface area contributed by atoms with Gasteiger partial charge in [0.2, 0.25) is 0 Å². The molecule has 0 spiro atoms. The number of hydrogen-bond acceptors (Lipinski definition) is 2. The Labute approximate surface area is 83.4 Å². The van der Waals surface area contributed by atoms with Gasteiger partial charge in [-0.25, -0.2) is 0 Å². The number of carbonyl (C=O) groups excluding carboxylic acids is 1. The molecular formula is C11H14N2O. The van der Waals surface area contributed by atoms with E-state index in [4.69, 9.17) is 0 Å². The van der Waals surface area contributed by atoms with Gasteiger partial charge in [0.15, 0.2) is 5.78 Å². The first-order chi connectivity index (χ1) is 6.75. The van der Waals surface area contributed by atoms with Crippen molar-refractivity contribution >= 4 is 5.78 Å². The summed E-state index contributed by atoms with van der Waals surface area (Å²) in [5.41, 5.74) is 2.13. The quantitative estimate of drug-likeness (QED) is 0.541. The van der Waals surface area contributed by atoms with Crippen LogP contribution in [0.5, 0.6) is 0 Å². The second-order valence-corrected chi connectivity index (χ2v) is 3.74. The molecule has 0 radical (unpaired) electrons. The zero-order chi connectivity index (χ0) is 9.97. The number of aromatic nitrogens is 2. The number of Topliss-reactive ketones (excluding diaryl/α,β-unsaturated/α-hetero) is 1. The summed E-state index contributed by atoms with van der Waals surface area (Å²) in [5.74, 6) is 0.0802.